The Morgan fingerprint density at radius 1 is 1.00 bits per heavy atom. The summed E-state index contributed by atoms with van der Waals surface area (Å²) in [4.78, 5) is 8.01. The number of nitrogens with zero attached hydrogens (tertiary/aromatic N) is 2. The van der Waals surface area contributed by atoms with Crippen LogP contribution in [0.3, 0.4) is 0 Å². The zero-order valence-corrected chi connectivity index (χ0v) is 12.3. The summed E-state index contributed by atoms with van der Waals surface area (Å²) in [5.41, 5.74) is 3.42. The van der Waals surface area contributed by atoms with Crippen molar-refractivity contribution in [1.29, 1.82) is 0 Å². The van der Waals surface area contributed by atoms with Crippen molar-refractivity contribution in [1.82, 2.24) is 9.97 Å². The van der Waals surface area contributed by atoms with Crippen molar-refractivity contribution in [3.8, 4) is 0 Å². The van der Waals surface area contributed by atoms with Crippen LogP contribution < -0.4 is 0 Å². The van der Waals surface area contributed by atoms with Crippen LogP contribution in [-0.2, 0) is 6.42 Å². The SMILES string of the molecule is CC(C)c1ccnc(CCC(C)c2ccnc(F)c2)c1. The third kappa shape index (κ3) is 3.86. The normalized spacial score (nSPS) is 12.7. The van der Waals surface area contributed by atoms with E-state index in [1.807, 2.05) is 12.3 Å². The van der Waals surface area contributed by atoms with Gasteiger partial charge in [0.1, 0.15) is 0 Å². The lowest BCUT2D eigenvalue weighted by Crippen LogP contribution is -2.00. The molecule has 1 atom stereocenters. The summed E-state index contributed by atoms with van der Waals surface area (Å²) in [6.07, 6.45) is 5.27. The van der Waals surface area contributed by atoms with Crippen LogP contribution in [0.1, 0.15) is 55.8 Å². The average Bonchev–Trinajstić information content (AvgIpc) is 2.45. The van der Waals surface area contributed by atoms with Crippen molar-refractivity contribution in [2.75, 3.05) is 0 Å². The Balaban J connectivity index is 1.99. The van der Waals surface area contributed by atoms with Gasteiger partial charge in [-0.15, -0.1) is 0 Å². The monoisotopic (exact) mass is 272 g/mol. The van der Waals surface area contributed by atoms with Gasteiger partial charge in [0.25, 0.3) is 0 Å². The molecule has 0 aliphatic rings. The van der Waals surface area contributed by atoms with Gasteiger partial charge in [-0.2, -0.15) is 4.39 Å². The standard InChI is InChI=1S/C17H21FN2/c1-12(2)14-6-8-19-16(10-14)5-4-13(3)15-7-9-20-17(18)11-15/h6-13H,4-5H2,1-3H3. The maximum atomic E-state index is 13.1. The van der Waals surface area contributed by atoms with Gasteiger partial charge in [-0.05, 0) is 60.1 Å². The van der Waals surface area contributed by atoms with Gasteiger partial charge < -0.3 is 0 Å². The van der Waals surface area contributed by atoms with E-state index in [4.69, 9.17) is 0 Å². The van der Waals surface area contributed by atoms with Crippen LogP contribution in [0.25, 0.3) is 0 Å². The van der Waals surface area contributed by atoms with Crippen LogP contribution in [0.15, 0.2) is 36.7 Å². The molecule has 20 heavy (non-hydrogen) atoms. The predicted molar refractivity (Wildman–Crippen MR) is 79.3 cm³/mol. The van der Waals surface area contributed by atoms with Gasteiger partial charge in [0, 0.05) is 18.1 Å². The van der Waals surface area contributed by atoms with Crippen molar-refractivity contribution < 1.29 is 4.39 Å². The van der Waals surface area contributed by atoms with E-state index >= 15 is 0 Å². The fourth-order valence-corrected chi connectivity index (χ4v) is 2.25. The van der Waals surface area contributed by atoms with Crippen molar-refractivity contribution in [3.63, 3.8) is 0 Å². The minimum Gasteiger partial charge on any atom is -0.261 e. The first-order valence-electron chi connectivity index (χ1n) is 7.12. The smallest absolute Gasteiger partial charge is 0.213 e. The molecule has 2 heterocycles. The second-order valence-electron chi connectivity index (χ2n) is 5.59. The Morgan fingerprint density at radius 3 is 2.40 bits per heavy atom. The van der Waals surface area contributed by atoms with E-state index in [1.54, 1.807) is 0 Å². The van der Waals surface area contributed by atoms with E-state index in [1.165, 1.54) is 17.8 Å². The van der Waals surface area contributed by atoms with Gasteiger partial charge in [0.15, 0.2) is 0 Å². The molecule has 0 spiro atoms. The van der Waals surface area contributed by atoms with Crippen molar-refractivity contribution in [3.05, 3.63) is 59.4 Å². The molecule has 3 heteroatoms. The Hall–Kier alpha value is -1.77. The highest BCUT2D eigenvalue weighted by atomic mass is 19.1. The molecule has 1 unspecified atom stereocenters. The maximum absolute atomic E-state index is 13.1. The van der Waals surface area contributed by atoms with Crippen molar-refractivity contribution in [2.24, 2.45) is 0 Å². The molecule has 0 saturated heterocycles. The second kappa shape index (κ2) is 6.60. The van der Waals surface area contributed by atoms with E-state index in [0.717, 1.165) is 24.1 Å². The summed E-state index contributed by atoms with van der Waals surface area (Å²) in [6, 6.07) is 7.63. The molecular weight excluding hydrogens is 251 g/mol. The van der Waals surface area contributed by atoms with Crippen LogP contribution in [0.4, 0.5) is 4.39 Å². The molecule has 0 bridgehead atoms. The second-order valence-corrected chi connectivity index (χ2v) is 5.59. The van der Waals surface area contributed by atoms with E-state index in [9.17, 15) is 4.39 Å². The molecule has 0 radical (unpaired) electrons. The van der Waals surface area contributed by atoms with E-state index in [2.05, 4.69) is 42.9 Å². The summed E-state index contributed by atoms with van der Waals surface area (Å²) >= 11 is 0. The molecule has 2 aromatic heterocycles. The molecule has 2 aromatic rings. The number of hydrogen-bond donors (Lipinski definition) is 0. The van der Waals surface area contributed by atoms with Gasteiger partial charge in [-0.1, -0.05) is 20.8 Å². The highest BCUT2D eigenvalue weighted by Crippen LogP contribution is 2.22. The number of aryl methyl sites for hydroxylation is 1. The Morgan fingerprint density at radius 2 is 1.70 bits per heavy atom. The molecule has 0 amide bonds. The lowest BCUT2D eigenvalue weighted by Gasteiger charge is -2.12. The van der Waals surface area contributed by atoms with Gasteiger partial charge in [-0.25, -0.2) is 4.98 Å². The first-order valence-corrected chi connectivity index (χ1v) is 7.12. The number of rotatable bonds is 5. The topological polar surface area (TPSA) is 25.8 Å². The molecule has 0 aliphatic heterocycles. The highest BCUT2D eigenvalue weighted by Gasteiger charge is 2.08. The molecule has 0 fully saturated rings. The first-order chi connectivity index (χ1) is 9.56. The number of hydrogen-bond acceptors (Lipinski definition) is 2. The minimum absolute atomic E-state index is 0.303. The van der Waals surface area contributed by atoms with E-state index < -0.39 is 5.95 Å². The molecule has 0 saturated carbocycles. The summed E-state index contributed by atoms with van der Waals surface area (Å²) in [5, 5.41) is 0. The molecular formula is C17H21FN2. The Bertz CT molecular complexity index is 566. The van der Waals surface area contributed by atoms with Crippen LogP contribution in [0.2, 0.25) is 0 Å². The lowest BCUT2D eigenvalue weighted by molar-refractivity contribution is 0.574. The van der Waals surface area contributed by atoms with Gasteiger partial charge >= 0.3 is 0 Å². The zero-order chi connectivity index (χ0) is 14.5. The van der Waals surface area contributed by atoms with E-state index in [0.29, 0.717) is 11.8 Å². The van der Waals surface area contributed by atoms with Crippen LogP contribution in [0, 0.1) is 5.95 Å². The van der Waals surface area contributed by atoms with E-state index in [-0.39, 0.29) is 0 Å². The van der Waals surface area contributed by atoms with Crippen molar-refractivity contribution in [2.45, 2.75) is 45.4 Å². The fourth-order valence-electron chi connectivity index (χ4n) is 2.25. The van der Waals surface area contributed by atoms with Crippen LogP contribution in [-0.4, -0.2) is 9.97 Å². The third-order valence-electron chi connectivity index (χ3n) is 3.66. The molecule has 2 nitrogen and oxygen atoms in total. The maximum Gasteiger partial charge on any atom is 0.213 e. The fraction of sp³-hybridized carbons (Fsp3) is 0.412. The largest absolute Gasteiger partial charge is 0.261 e. The van der Waals surface area contributed by atoms with Crippen molar-refractivity contribution >= 4 is 0 Å². The molecule has 0 N–H and O–H groups in total. The number of halogens is 1. The van der Waals surface area contributed by atoms with Gasteiger partial charge in [-0.3, -0.25) is 4.98 Å². The molecule has 0 aliphatic carbocycles. The summed E-state index contributed by atoms with van der Waals surface area (Å²) < 4.78 is 13.1. The lowest BCUT2D eigenvalue weighted by atomic mass is 9.95. The van der Waals surface area contributed by atoms with Gasteiger partial charge in [0.2, 0.25) is 5.95 Å². The van der Waals surface area contributed by atoms with Gasteiger partial charge in [0.05, 0.1) is 0 Å². The van der Waals surface area contributed by atoms with Crippen LogP contribution in [0.5, 0.6) is 0 Å². The molecule has 2 rings (SSSR count). The number of pyridine rings is 2. The quantitative estimate of drug-likeness (QED) is 0.750. The Kier molecular flexibility index (Phi) is 4.83. The predicted octanol–water partition coefficient (Wildman–Crippen LogP) is 4.48. The number of aromatic nitrogens is 2. The minimum atomic E-state index is -0.408. The summed E-state index contributed by atoms with van der Waals surface area (Å²) in [7, 11) is 0. The summed E-state index contributed by atoms with van der Waals surface area (Å²) in [5.74, 6) is 0.412. The molecule has 0 aromatic carbocycles. The zero-order valence-electron chi connectivity index (χ0n) is 12.3. The Labute approximate surface area is 120 Å². The highest BCUT2D eigenvalue weighted by molar-refractivity contribution is 5.20. The van der Waals surface area contributed by atoms with Crippen LogP contribution >= 0.6 is 0 Å². The third-order valence-corrected chi connectivity index (χ3v) is 3.66. The molecule has 106 valence electrons. The average molecular weight is 272 g/mol. The summed E-state index contributed by atoms with van der Waals surface area (Å²) in [6.45, 7) is 6.48. The first kappa shape index (κ1) is 14.6.